The second-order valence-electron chi connectivity index (χ2n) is 8.26. The molecule has 146 valence electrons. The van der Waals surface area contributed by atoms with E-state index < -0.39 is 0 Å². The van der Waals surface area contributed by atoms with E-state index in [1.54, 1.807) is 18.5 Å². The van der Waals surface area contributed by atoms with Crippen LogP contribution in [0.2, 0.25) is 0 Å². The van der Waals surface area contributed by atoms with Gasteiger partial charge in [-0.15, -0.1) is 0 Å². The van der Waals surface area contributed by atoms with Gasteiger partial charge in [-0.25, -0.2) is 14.8 Å². The van der Waals surface area contributed by atoms with Crippen LogP contribution in [-0.2, 0) is 6.42 Å². The van der Waals surface area contributed by atoms with Gasteiger partial charge < -0.3 is 15.2 Å². The molecule has 0 saturated carbocycles. The summed E-state index contributed by atoms with van der Waals surface area (Å²) in [6, 6.07) is 6.68. The molecule has 0 spiro atoms. The molecule has 0 aromatic carbocycles. The molecule has 2 fully saturated rings. The molecule has 0 radical (unpaired) electrons. The zero-order chi connectivity index (χ0) is 19.5. The van der Waals surface area contributed by atoms with Crippen LogP contribution in [0.4, 0.5) is 11.6 Å². The first-order valence-corrected chi connectivity index (χ1v) is 10.2. The quantitative estimate of drug-likeness (QED) is 0.700. The smallest absolute Gasteiger partial charge is 0.326 e. The fraction of sp³-hybridized carbons (Fsp3) is 0.429. The third-order valence-corrected chi connectivity index (χ3v) is 6.73. The van der Waals surface area contributed by atoms with E-state index in [4.69, 9.17) is 0 Å². The van der Waals surface area contributed by atoms with Gasteiger partial charge in [0.05, 0.1) is 28.9 Å². The number of rotatable bonds is 2. The van der Waals surface area contributed by atoms with E-state index in [1.165, 1.54) is 0 Å². The van der Waals surface area contributed by atoms with Crippen molar-refractivity contribution in [3.63, 3.8) is 0 Å². The summed E-state index contributed by atoms with van der Waals surface area (Å²) in [4.78, 5) is 27.3. The first-order valence-electron chi connectivity index (χ1n) is 10.2. The molecule has 8 heteroatoms. The van der Waals surface area contributed by atoms with Gasteiger partial charge in [0.15, 0.2) is 0 Å². The third kappa shape index (κ3) is 2.40. The number of fused-ring (bicyclic) bond motifs is 5. The molecule has 0 amide bonds. The molecule has 2 saturated heterocycles. The van der Waals surface area contributed by atoms with Gasteiger partial charge in [-0.3, -0.25) is 4.57 Å². The number of nitrogens with zero attached hydrogens (tertiary/aromatic N) is 5. The molecular formula is C21H21N7O. The highest BCUT2D eigenvalue weighted by Crippen LogP contribution is 2.43. The number of anilines is 2. The lowest BCUT2D eigenvalue weighted by Crippen LogP contribution is -2.45. The van der Waals surface area contributed by atoms with Crippen molar-refractivity contribution in [2.75, 3.05) is 16.8 Å². The highest BCUT2D eigenvalue weighted by atomic mass is 16.1. The van der Waals surface area contributed by atoms with Crippen molar-refractivity contribution in [2.24, 2.45) is 0 Å². The maximum Gasteiger partial charge on any atom is 0.326 e. The largest absolute Gasteiger partial charge is 0.369 e. The van der Waals surface area contributed by atoms with Crippen molar-refractivity contribution < 1.29 is 0 Å². The van der Waals surface area contributed by atoms with E-state index >= 15 is 0 Å². The summed E-state index contributed by atoms with van der Waals surface area (Å²) in [6.07, 6.45) is 8.39. The van der Waals surface area contributed by atoms with Crippen molar-refractivity contribution in [1.29, 1.82) is 5.26 Å². The molecule has 0 aliphatic carbocycles. The van der Waals surface area contributed by atoms with Gasteiger partial charge in [0.2, 0.25) is 0 Å². The summed E-state index contributed by atoms with van der Waals surface area (Å²) >= 11 is 0. The number of hydrogen-bond donors (Lipinski definition) is 2. The predicted octanol–water partition coefficient (Wildman–Crippen LogP) is 2.33. The van der Waals surface area contributed by atoms with E-state index in [1.807, 2.05) is 10.6 Å². The van der Waals surface area contributed by atoms with Gasteiger partial charge in [-0.05, 0) is 44.2 Å². The summed E-state index contributed by atoms with van der Waals surface area (Å²) in [6.45, 7) is 0.866. The van der Waals surface area contributed by atoms with Crippen LogP contribution in [0.25, 0.3) is 11.0 Å². The Labute approximate surface area is 167 Å². The Balaban J connectivity index is 1.39. The fourth-order valence-corrected chi connectivity index (χ4v) is 5.59. The Morgan fingerprint density at radius 2 is 2.00 bits per heavy atom. The maximum atomic E-state index is 12.9. The lowest BCUT2D eigenvalue weighted by atomic mass is 9.96. The van der Waals surface area contributed by atoms with Crippen LogP contribution < -0.4 is 15.9 Å². The minimum atomic E-state index is -0.0375. The highest BCUT2D eigenvalue weighted by molar-refractivity contribution is 5.83. The van der Waals surface area contributed by atoms with E-state index in [0.717, 1.165) is 66.9 Å². The van der Waals surface area contributed by atoms with Gasteiger partial charge in [-0.1, -0.05) is 0 Å². The van der Waals surface area contributed by atoms with E-state index in [-0.39, 0.29) is 11.7 Å². The lowest BCUT2D eigenvalue weighted by Gasteiger charge is -2.40. The van der Waals surface area contributed by atoms with Gasteiger partial charge in [0, 0.05) is 36.4 Å². The van der Waals surface area contributed by atoms with Gasteiger partial charge >= 0.3 is 5.69 Å². The average molecular weight is 387 g/mol. The predicted molar refractivity (Wildman–Crippen MR) is 109 cm³/mol. The van der Waals surface area contributed by atoms with Crippen LogP contribution in [0, 0.1) is 11.3 Å². The molecule has 2 bridgehead atoms. The number of piperidine rings is 1. The van der Waals surface area contributed by atoms with E-state index in [9.17, 15) is 10.1 Å². The Morgan fingerprint density at radius 1 is 1.17 bits per heavy atom. The van der Waals surface area contributed by atoms with Crippen LogP contribution in [0.15, 0.2) is 29.3 Å². The summed E-state index contributed by atoms with van der Waals surface area (Å²) in [5.41, 5.74) is 3.60. The van der Waals surface area contributed by atoms with Crippen molar-refractivity contribution >= 4 is 22.7 Å². The number of aromatic amines is 1. The molecule has 3 aromatic rings. The minimum absolute atomic E-state index is 0.0375. The van der Waals surface area contributed by atoms with Crippen molar-refractivity contribution in [1.82, 2.24) is 19.5 Å². The Kier molecular flexibility index (Phi) is 3.48. The normalized spacial score (nSPS) is 25.1. The second-order valence-corrected chi connectivity index (χ2v) is 8.26. The number of pyridine rings is 2. The summed E-state index contributed by atoms with van der Waals surface area (Å²) < 4.78 is 1.99. The molecule has 8 nitrogen and oxygen atoms in total. The zero-order valence-electron chi connectivity index (χ0n) is 15.9. The van der Waals surface area contributed by atoms with Gasteiger partial charge in [0.1, 0.15) is 11.6 Å². The maximum absolute atomic E-state index is 12.9. The van der Waals surface area contributed by atoms with Gasteiger partial charge in [0.25, 0.3) is 0 Å². The first kappa shape index (κ1) is 16.6. The summed E-state index contributed by atoms with van der Waals surface area (Å²) in [7, 11) is 0. The molecule has 0 unspecified atom stereocenters. The number of nitriles is 1. The molecule has 3 aliphatic rings. The summed E-state index contributed by atoms with van der Waals surface area (Å²) in [5, 5.41) is 12.6. The van der Waals surface area contributed by atoms with E-state index in [0.29, 0.717) is 17.6 Å². The first-order chi connectivity index (χ1) is 14.2. The SMILES string of the molecule is N#Cc1ccnc(N2[C@@H]3CC[C@H]2C[C@H](n2c(=O)[nH]c4cnc5c(c42)CCN5)C3)c1. The second kappa shape index (κ2) is 6.08. The van der Waals surface area contributed by atoms with Crippen LogP contribution in [-0.4, -0.2) is 38.1 Å². The summed E-state index contributed by atoms with van der Waals surface area (Å²) in [5.74, 6) is 1.79. The average Bonchev–Trinajstić information content (AvgIpc) is 3.41. The Hall–Kier alpha value is -3.34. The van der Waals surface area contributed by atoms with Crippen LogP contribution in [0.1, 0.15) is 42.9 Å². The number of nitrogens with one attached hydrogen (secondary N) is 2. The zero-order valence-corrected chi connectivity index (χ0v) is 15.9. The molecule has 3 aliphatic heterocycles. The van der Waals surface area contributed by atoms with Crippen LogP contribution >= 0.6 is 0 Å². The van der Waals surface area contributed by atoms with Crippen molar-refractivity contribution in [3.05, 3.63) is 46.1 Å². The number of imidazole rings is 1. The minimum Gasteiger partial charge on any atom is -0.369 e. The molecule has 3 atom stereocenters. The molecule has 6 heterocycles. The number of H-pyrrole nitrogens is 1. The standard InChI is InChI=1S/C21H21N7O/c22-10-12-3-5-23-18(7-12)27-13-1-2-14(27)9-15(8-13)28-19-16-4-6-24-20(16)25-11-17(19)26-21(28)29/h3,5,7,11,13-15H,1-2,4,6,8-9H2,(H,24,25)(H,26,29)/t13-,14+,15-. The number of hydrogen-bond acceptors (Lipinski definition) is 6. The molecule has 2 N–H and O–H groups in total. The Bertz CT molecular complexity index is 1210. The van der Waals surface area contributed by atoms with Crippen LogP contribution in [0.3, 0.4) is 0 Å². The monoisotopic (exact) mass is 387 g/mol. The lowest BCUT2D eigenvalue weighted by molar-refractivity contribution is 0.335. The van der Waals surface area contributed by atoms with Crippen LogP contribution in [0.5, 0.6) is 0 Å². The fourth-order valence-electron chi connectivity index (χ4n) is 5.59. The molecule has 3 aromatic heterocycles. The molecule has 29 heavy (non-hydrogen) atoms. The van der Waals surface area contributed by atoms with Crippen molar-refractivity contribution in [3.8, 4) is 6.07 Å². The number of aromatic nitrogens is 4. The molecule has 6 rings (SSSR count). The highest BCUT2D eigenvalue weighted by Gasteiger charge is 2.43. The third-order valence-electron chi connectivity index (χ3n) is 6.73. The van der Waals surface area contributed by atoms with Crippen molar-refractivity contribution in [2.45, 2.75) is 50.2 Å². The molecular weight excluding hydrogens is 366 g/mol. The topological polar surface area (TPSA) is 103 Å². The Morgan fingerprint density at radius 3 is 2.79 bits per heavy atom. The van der Waals surface area contributed by atoms with E-state index in [2.05, 4.69) is 31.2 Å². The van der Waals surface area contributed by atoms with Gasteiger partial charge in [-0.2, -0.15) is 5.26 Å².